The summed E-state index contributed by atoms with van der Waals surface area (Å²) in [6.45, 7) is 6.37. The highest BCUT2D eigenvalue weighted by Gasteiger charge is 2.15. The van der Waals surface area contributed by atoms with Crippen LogP contribution in [0.15, 0.2) is 24.3 Å². The summed E-state index contributed by atoms with van der Waals surface area (Å²) in [6.07, 6.45) is 0.208. The van der Waals surface area contributed by atoms with Crippen LogP contribution in [-0.4, -0.2) is 43.1 Å². The molecule has 1 rings (SSSR count). The first-order valence-corrected chi connectivity index (χ1v) is 8.82. The minimum atomic E-state index is -0.568. The van der Waals surface area contributed by atoms with Crippen molar-refractivity contribution in [2.45, 2.75) is 39.2 Å². The first kappa shape index (κ1) is 21.8. The van der Waals surface area contributed by atoms with Gasteiger partial charge in [-0.2, -0.15) is 0 Å². The maximum Gasteiger partial charge on any atom is 0.407 e. The van der Waals surface area contributed by atoms with Crippen LogP contribution in [0.2, 0.25) is 5.02 Å². The molecule has 0 saturated heterocycles. The molecule has 1 aromatic rings. The van der Waals surface area contributed by atoms with E-state index in [0.717, 1.165) is 0 Å². The van der Waals surface area contributed by atoms with Crippen LogP contribution < -0.4 is 16.0 Å². The van der Waals surface area contributed by atoms with E-state index in [-0.39, 0.29) is 24.8 Å². The van der Waals surface area contributed by atoms with Gasteiger partial charge in [-0.05, 0) is 45.4 Å². The lowest BCUT2D eigenvalue weighted by atomic mass is 10.2. The first-order chi connectivity index (χ1) is 12.2. The summed E-state index contributed by atoms with van der Waals surface area (Å²) in [7, 11) is 0. The topological polar surface area (TPSA) is 96.5 Å². The van der Waals surface area contributed by atoms with Crippen LogP contribution in [0.4, 0.5) is 4.79 Å². The van der Waals surface area contributed by atoms with E-state index >= 15 is 0 Å². The largest absolute Gasteiger partial charge is 0.444 e. The Hall–Kier alpha value is -2.28. The van der Waals surface area contributed by atoms with Gasteiger partial charge >= 0.3 is 6.09 Å². The van der Waals surface area contributed by atoms with Gasteiger partial charge in [0.2, 0.25) is 5.91 Å². The summed E-state index contributed by atoms with van der Waals surface area (Å²) in [4.78, 5) is 35.0. The molecule has 7 nitrogen and oxygen atoms in total. The maximum atomic E-state index is 11.9. The van der Waals surface area contributed by atoms with E-state index in [2.05, 4.69) is 16.0 Å². The zero-order valence-electron chi connectivity index (χ0n) is 15.4. The Morgan fingerprint density at radius 2 is 1.73 bits per heavy atom. The molecule has 0 fully saturated rings. The molecule has 1 aromatic carbocycles. The highest BCUT2D eigenvalue weighted by Crippen LogP contribution is 2.10. The smallest absolute Gasteiger partial charge is 0.407 e. The van der Waals surface area contributed by atoms with Crippen molar-refractivity contribution in [3.05, 3.63) is 34.9 Å². The molecule has 0 atom stereocenters. The molecule has 3 amide bonds. The number of rotatable bonds is 8. The van der Waals surface area contributed by atoms with E-state index in [4.69, 9.17) is 16.3 Å². The fourth-order valence-electron chi connectivity index (χ4n) is 1.93. The summed E-state index contributed by atoms with van der Waals surface area (Å²) >= 11 is 5.84. The zero-order valence-corrected chi connectivity index (χ0v) is 16.1. The second kappa shape index (κ2) is 10.7. The van der Waals surface area contributed by atoms with E-state index in [1.54, 1.807) is 45.0 Å². The summed E-state index contributed by atoms with van der Waals surface area (Å²) in [5.74, 6) is -0.386. The van der Waals surface area contributed by atoms with Gasteiger partial charge in [0.05, 0.1) is 0 Å². The van der Waals surface area contributed by atoms with Crippen molar-refractivity contribution in [3.63, 3.8) is 0 Å². The first-order valence-electron chi connectivity index (χ1n) is 8.45. The van der Waals surface area contributed by atoms with Crippen LogP contribution in [-0.2, 0) is 9.53 Å². The zero-order chi connectivity index (χ0) is 19.6. The molecule has 0 aliphatic rings. The number of amides is 3. The van der Waals surface area contributed by atoms with E-state index in [9.17, 15) is 14.4 Å². The Morgan fingerprint density at radius 1 is 1.04 bits per heavy atom. The van der Waals surface area contributed by atoms with Crippen molar-refractivity contribution < 1.29 is 19.1 Å². The van der Waals surface area contributed by atoms with Gasteiger partial charge in [-0.15, -0.1) is 0 Å². The third-order valence-electron chi connectivity index (χ3n) is 3.07. The van der Waals surface area contributed by atoms with Gasteiger partial charge < -0.3 is 20.7 Å². The number of hydrogen-bond acceptors (Lipinski definition) is 4. The lowest BCUT2D eigenvalue weighted by Crippen LogP contribution is -2.35. The fourth-order valence-corrected chi connectivity index (χ4v) is 2.12. The Morgan fingerprint density at radius 3 is 2.38 bits per heavy atom. The Bertz CT molecular complexity index is 629. The minimum absolute atomic E-state index is 0.161. The number of carbonyl (C=O) groups is 3. The molecule has 144 valence electrons. The molecule has 0 aromatic heterocycles. The van der Waals surface area contributed by atoms with Crippen molar-refractivity contribution in [2.75, 3.05) is 19.6 Å². The summed E-state index contributed by atoms with van der Waals surface area (Å²) in [6, 6.07) is 6.69. The number of benzene rings is 1. The minimum Gasteiger partial charge on any atom is -0.444 e. The molecule has 0 spiro atoms. The number of nitrogens with one attached hydrogen (secondary N) is 3. The van der Waals surface area contributed by atoms with Gasteiger partial charge in [0, 0.05) is 36.6 Å². The summed E-state index contributed by atoms with van der Waals surface area (Å²) < 4.78 is 5.07. The number of hydrogen-bond donors (Lipinski definition) is 3. The van der Waals surface area contributed by atoms with Crippen molar-refractivity contribution in [1.29, 1.82) is 0 Å². The monoisotopic (exact) mass is 383 g/mol. The van der Waals surface area contributed by atoms with Crippen LogP contribution in [0.5, 0.6) is 0 Å². The van der Waals surface area contributed by atoms with Gasteiger partial charge in [-0.1, -0.05) is 17.7 Å². The average molecular weight is 384 g/mol. The van der Waals surface area contributed by atoms with Gasteiger partial charge in [0.15, 0.2) is 0 Å². The highest BCUT2D eigenvalue weighted by molar-refractivity contribution is 6.30. The van der Waals surface area contributed by atoms with E-state index in [0.29, 0.717) is 30.1 Å². The number of ether oxygens (including phenoxy) is 1. The average Bonchev–Trinajstić information content (AvgIpc) is 2.52. The highest BCUT2D eigenvalue weighted by atomic mass is 35.5. The molecule has 8 heteroatoms. The fraction of sp³-hybridized carbons (Fsp3) is 0.500. The number of alkyl carbamates (subject to hydrolysis) is 1. The lowest BCUT2D eigenvalue weighted by molar-refractivity contribution is -0.120. The molecule has 0 radical (unpaired) electrons. The molecule has 0 aliphatic carbocycles. The number of halogens is 1. The van der Waals surface area contributed by atoms with Crippen molar-refractivity contribution in [3.8, 4) is 0 Å². The maximum absolute atomic E-state index is 11.9. The van der Waals surface area contributed by atoms with Crippen LogP contribution >= 0.6 is 11.6 Å². The quantitative estimate of drug-likeness (QED) is 0.601. The second-order valence-corrected chi connectivity index (χ2v) is 7.08. The van der Waals surface area contributed by atoms with Crippen LogP contribution in [0.25, 0.3) is 0 Å². The van der Waals surface area contributed by atoms with E-state index in [1.807, 2.05) is 0 Å². The third kappa shape index (κ3) is 9.88. The molecular formula is C18H26ClN3O4. The molecule has 0 saturated carbocycles. The molecule has 3 N–H and O–H groups in total. The van der Waals surface area contributed by atoms with E-state index < -0.39 is 11.7 Å². The van der Waals surface area contributed by atoms with Gasteiger partial charge in [0.25, 0.3) is 5.91 Å². The van der Waals surface area contributed by atoms with Gasteiger partial charge in [-0.25, -0.2) is 4.79 Å². The van der Waals surface area contributed by atoms with Gasteiger partial charge in [-0.3, -0.25) is 9.59 Å². The van der Waals surface area contributed by atoms with Crippen molar-refractivity contribution in [1.82, 2.24) is 16.0 Å². The SMILES string of the molecule is CC(C)(C)OC(=O)NCCC(=O)NCCCNC(=O)c1cccc(Cl)c1. The normalized spacial score (nSPS) is 10.8. The Labute approximate surface area is 158 Å². The Kier molecular flexibility index (Phi) is 8.92. The second-order valence-electron chi connectivity index (χ2n) is 6.65. The molecular weight excluding hydrogens is 358 g/mol. The van der Waals surface area contributed by atoms with Crippen molar-refractivity contribution >= 4 is 29.5 Å². The Balaban J connectivity index is 2.09. The number of carbonyl (C=O) groups excluding carboxylic acids is 3. The van der Waals surface area contributed by atoms with Crippen LogP contribution in [0.1, 0.15) is 44.0 Å². The van der Waals surface area contributed by atoms with E-state index in [1.165, 1.54) is 0 Å². The molecule has 0 unspecified atom stereocenters. The molecule has 0 bridgehead atoms. The standard InChI is InChI=1S/C18H26ClN3O4/c1-18(2,3)26-17(25)22-11-8-15(23)20-9-5-10-21-16(24)13-6-4-7-14(19)12-13/h4,6-7,12H,5,8-11H2,1-3H3,(H,20,23)(H,21,24)(H,22,25). The summed E-state index contributed by atoms with van der Waals surface area (Å²) in [5.41, 5.74) is -0.0725. The summed E-state index contributed by atoms with van der Waals surface area (Å²) in [5, 5.41) is 8.51. The van der Waals surface area contributed by atoms with Gasteiger partial charge in [0.1, 0.15) is 5.60 Å². The molecule has 0 aliphatic heterocycles. The lowest BCUT2D eigenvalue weighted by Gasteiger charge is -2.19. The third-order valence-corrected chi connectivity index (χ3v) is 3.30. The predicted molar refractivity (Wildman–Crippen MR) is 100 cm³/mol. The molecule has 26 heavy (non-hydrogen) atoms. The molecule has 0 heterocycles. The van der Waals surface area contributed by atoms with Crippen LogP contribution in [0, 0.1) is 0 Å². The predicted octanol–water partition coefficient (Wildman–Crippen LogP) is 2.49. The van der Waals surface area contributed by atoms with Crippen LogP contribution in [0.3, 0.4) is 0 Å². The van der Waals surface area contributed by atoms with Crippen molar-refractivity contribution in [2.24, 2.45) is 0 Å².